The average molecular weight is 851 g/mol. The largest absolute Gasteiger partial charge is 0.509 e. The number of benzene rings is 3. The number of hydrogen-bond acceptors (Lipinski definition) is 6. The Morgan fingerprint density at radius 3 is 2.24 bits per heavy atom. The Morgan fingerprint density at radius 1 is 0.667 bits per heavy atom. The summed E-state index contributed by atoms with van der Waals surface area (Å²) in [5.74, 6) is 3.67. The van der Waals surface area contributed by atoms with Gasteiger partial charge in [0.05, 0.1) is 5.69 Å². The van der Waals surface area contributed by atoms with Crippen LogP contribution in [0.4, 0.5) is 23.0 Å². The second-order valence-corrected chi connectivity index (χ2v) is 14.9. The first-order valence-corrected chi connectivity index (χ1v) is 16.9. The van der Waals surface area contributed by atoms with E-state index in [1.54, 1.807) is 0 Å². The number of ether oxygens (including phenoxy) is 1. The van der Waals surface area contributed by atoms with Crippen LogP contribution >= 0.6 is 0 Å². The molecule has 0 unspecified atom stereocenters. The molecule has 1 aliphatic heterocycles. The fourth-order valence-electron chi connectivity index (χ4n) is 6.50. The minimum absolute atomic E-state index is 0. The van der Waals surface area contributed by atoms with Gasteiger partial charge < -0.3 is 19.1 Å². The summed E-state index contributed by atoms with van der Waals surface area (Å²) in [4.78, 5) is 18.6. The van der Waals surface area contributed by atoms with Crippen molar-refractivity contribution in [1.29, 1.82) is 0 Å². The van der Waals surface area contributed by atoms with Crippen LogP contribution in [-0.4, -0.2) is 19.5 Å². The van der Waals surface area contributed by atoms with E-state index in [1.165, 1.54) is 11.1 Å². The van der Waals surface area contributed by atoms with Gasteiger partial charge in [-0.3, -0.25) is 0 Å². The van der Waals surface area contributed by atoms with Gasteiger partial charge in [-0.2, -0.15) is 12.1 Å². The number of aryl methyl sites for hydroxylation is 1. The number of anilines is 4. The zero-order chi connectivity index (χ0) is 34.8. The van der Waals surface area contributed by atoms with Crippen molar-refractivity contribution in [2.45, 2.75) is 59.3 Å². The molecule has 0 fully saturated rings. The minimum Gasteiger partial charge on any atom is -0.509 e. The molecule has 0 aliphatic carbocycles. The van der Waals surface area contributed by atoms with E-state index >= 15 is 0 Å². The summed E-state index contributed by atoms with van der Waals surface area (Å²) in [5.41, 5.74) is 7.23. The average Bonchev–Trinajstić information content (AvgIpc) is 3.64. The summed E-state index contributed by atoms with van der Waals surface area (Å²) < 4.78 is 8.66. The first-order chi connectivity index (χ1) is 24.0. The Labute approximate surface area is 314 Å². The van der Waals surface area contributed by atoms with Gasteiger partial charge in [-0.25, -0.2) is 15.0 Å². The summed E-state index contributed by atoms with van der Waals surface area (Å²) in [6, 6.07) is 35.9. The Kier molecular flexibility index (Phi) is 8.75. The van der Waals surface area contributed by atoms with E-state index in [2.05, 4.69) is 125 Å². The van der Waals surface area contributed by atoms with Crippen molar-refractivity contribution in [1.82, 2.24) is 19.5 Å². The first-order valence-electron chi connectivity index (χ1n) is 16.9. The van der Waals surface area contributed by atoms with Crippen LogP contribution in [0.1, 0.15) is 58.2 Å². The van der Waals surface area contributed by atoms with Crippen molar-refractivity contribution in [3.8, 4) is 17.3 Å². The second kappa shape index (κ2) is 13.0. The number of nitrogens with zero attached hydrogens (tertiary/aromatic N) is 6. The molecule has 3 aromatic carbocycles. The number of hydrogen-bond donors (Lipinski definition) is 0. The smallest absolute Gasteiger partial charge is 0.135 e. The molecule has 7 aromatic rings. The van der Waals surface area contributed by atoms with Gasteiger partial charge in [0.2, 0.25) is 0 Å². The summed E-state index contributed by atoms with van der Waals surface area (Å²) in [5, 5.41) is 2.22. The van der Waals surface area contributed by atoms with E-state index in [9.17, 15) is 0 Å². The second-order valence-electron chi connectivity index (χ2n) is 14.9. The molecule has 4 aromatic heterocycles. The standard InChI is InChI=1S/C43H39N6O.Pt/c1-28-22-30(43(5,6)7)26-46-40(28)48-27-47(41-37(48)16-11-20-45-41)31-12-10-13-32(24-31)50-33-17-18-35-34-14-8-9-15-36(34)49(38(35)25-33)39-23-29(19-21-44-39)42(2,3)4;/h8-23,26-27H,1-7H3;/q-3;. The molecule has 8 rings (SSSR count). The molecule has 0 radical (unpaired) electrons. The maximum absolute atomic E-state index is 6.48. The Hall–Kier alpha value is -5.00. The van der Waals surface area contributed by atoms with E-state index in [0.29, 0.717) is 11.5 Å². The van der Waals surface area contributed by atoms with Crippen molar-refractivity contribution < 1.29 is 25.8 Å². The number of pyridine rings is 3. The van der Waals surface area contributed by atoms with Crippen LogP contribution in [0.25, 0.3) is 27.6 Å². The maximum atomic E-state index is 6.48. The summed E-state index contributed by atoms with van der Waals surface area (Å²) in [6.07, 6.45) is 5.67. The normalized spacial score (nSPS) is 13.1. The SMILES string of the molecule is Cc1cc(C(C)(C)C)cnc1N1[CH-]N(c2[c-]c(Oc3[c-]c4c(cc3)c3ccccc3n4-c3cc(C(C)(C)C)ccn3)ccc2)c2ncccc21.[Pt]. The van der Waals surface area contributed by atoms with Crippen molar-refractivity contribution in [2.75, 3.05) is 9.80 Å². The van der Waals surface area contributed by atoms with Crippen LogP contribution < -0.4 is 14.5 Å². The van der Waals surface area contributed by atoms with E-state index in [0.717, 1.165) is 56.2 Å². The summed E-state index contributed by atoms with van der Waals surface area (Å²) >= 11 is 0. The molecule has 0 saturated carbocycles. The van der Waals surface area contributed by atoms with Crippen molar-refractivity contribution in [3.63, 3.8) is 0 Å². The summed E-state index contributed by atoms with van der Waals surface area (Å²) in [6.45, 7) is 17.4. The fourth-order valence-corrected chi connectivity index (χ4v) is 6.50. The summed E-state index contributed by atoms with van der Waals surface area (Å²) in [7, 11) is 0. The van der Waals surface area contributed by atoms with Crippen LogP contribution in [0.2, 0.25) is 0 Å². The third kappa shape index (κ3) is 6.29. The van der Waals surface area contributed by atoms with Gasteiger partial charge in [-0.15, -0.1) is 42.4 Å². The molecule has 0 atom stereocenters. The number of aromatic nitrogens is 4. The van der Waals surface area contributed by atoms with Gasteiger partial charge in [0.15, 0.2) is 0 Å². The van der Waals surface area contributed by atoms with Gasteiger partial charge in [0.25, 0.3) is 0 Å². The monoisotopic (exact) mass is 850 g/mol. The molecule has 51 heavy (non-hydrogen) atoms. The fraction of sp³-hybridized carbons (Fsp3) is 0.209. The van der Waals surface area contributed by atoms with Gasteiger partial charge in [-0.05, 0) is 70.2 Å². The molecule has 1 aliphatic rings. The number of rotatable bonds is 5. The van der Waals surface area contributed by atoms with Crippen LogP contribution in [0.15, 0.2) is 104 Å². The van der Waals surface area contributed by atoms with Crippen LogP contribution in [0.5, 0.6) is 11.5 Å². The maximum Gasteiger partial charge on any atom is 0.135 e. The van der Waals surface area contributed by atoms with E-state index < -0.39 is 0 Å². The van der Waals surface area contributed by atoms with Crippen LogP contribution in [0.3, 0.4) is 0 Å². The number of para-hydroxylation sites is 1. The van der Waals surface area contributed by atoms with Gasteiger partial charge in [0, 0.05) is 56.7 Å². The van der Waals surface area contributed by atoms with E-state index in [4.69, 9.17) is 19.7 Å². The van der Waals surface area contributed by atoms with Crippen molar-refractivity contribution >= 4 is 44.8 Å². The topological polar surface area (TPSA) is 59.3 Å². The third-order valence-corrected chi connectivity index (χ3v) is 9.26. The molecule has 8 heteroatoms. The molecule has 260 valence electrons. The minimum atomic E-state index is -0.0126. The molecule has 0 N–H and O–H groups in total. The molecule has 7 nitrogen and oxygen atoms in total. The van der Waals surface area contributed by atoms with Gasteiger partial charge >= 0.3 is 0 Å². The van der Waals surface area contributed by atoms with Crippen LogP contribution in [0, 0.1) is 25.7 Å². The first kappa shape index (κ1) is 34.4. The predicted octanol–water partition coefficient (Wildman–Crippen LogP) is 10.7. The molecule has 0 saturated heterocycles. The quantitative estimate of drug-likeness (QED) is 0.161. The van der Waals surface area contributed by atoms with Gasteiger partial charge in [0.1, 0.15) is 17.5 Å². The number of fused-ring (bicyclic) bond motifs is 4. The Bertz CT molecular complexity index is 2400. The molecular weight excluding hydrogens is 812 g/mol. The third-order valence-electron chi connectivity index (χ3n) is 9.26. The molecule has 0 spiro atoms. The van der Waals surface area contributed by atoms with Crippen molar-refractivity contribution in [2.24, 2.45) is 0 Å². The van der Waals surface area contributed by atoms with E-state index in [-0.39, 0.29) is 31.9 Å². The molecule has 0 bridgehead atoms. The zero-order valence-corrected chi connectivity index (χ0v) is 32.1. The molecule has 0 amide bonds. The predicted molar refractivity (Wildman–Crippen MR) is 202 cm³/mol. The van der Waals surface area contributed by atoms with Crippen LogP contribution in [-0.2, 0) is 31.9 Å². The zero-order valence-electron chi connectivity index (χ0n) is 29.8. The van der Waals surface area contributed by atoms with Crippen molar-refractivity contribution in [3.05, 3.63) is 139 Å². The Morgan fingerprint density at radius 2 is 1.45 bits per heavy atom. The molecule has 5 heterocycles. The van der Waals surface area contributed by atoms with Gasteiger partial charge in [-0.1, -0.05) is 77.0 Å². The molecular formula is C43H39N6OPt-3. The van der Waals surface area contributed by atoms with E-state index in [1.807, 2.05) is 60.5 Å². The Balaban J connectivity index is 0.00000406.